The predicted octanol–water partition coefficient (Wildman–Crippen LogP) is 1.10. The number of carbonyl (C=O) groups excluding carboxylic acids is 2. The van der Waals surface area contributed by atoms with E-state index in [4.69, 9.17) is 0 Å². The molecule has 1 atom stereocenters. The number of likely N-dealkylation sites (tertiary alicyclic amines) is 1. The van der Waals surface area contributed by atoms with Crippen LogP contribution in [0.15, 0.2) is 35.4 Å². The van der Waals surface area contributed by atoms with E-state index >= 15 is 0 Å². The van der Waals surface area contributed by atoms with Crippen LogP contribution < -0.4 is 4.90 Å². The summed E-state index contributed by atoms with van der Waals surface area (Å²) in [6.07, 6.45) is 4.25. The first kappa shape index (κ1) is 16.2. The number of nitrogens with zero attached hydrogens (tertiary/aromatic N) is 5. The molecule has 25 heavy (non-hydrogen) atoms. The Morgan fingerprint density at radius 3 is 2.96 bits per heavy atom. The lowest BCUT2D eigenvalue weighted by Crippen LogP contribution is -2.64. The normalized spacial score (nSPS) is 24.3. The van der Waals surface area contributed by atoms with Crippen LogP contribution >= 0.6 is 11.3 Å². The van der Waals surface area contributed by atoms with E-state index in [0.29, 0.717) is 31.9 Å². The Hall–Kier alpha value is -2.32. The maximum atomic E-state index is 12.6. The topological polar surface area (TPSA) is 69.6 Å². The smallest absolute Gasteiger partial charge is 0.273 e. The van der Waals surface area contributed by atoms with Crippen LogP contribution in [-0.2, 0) is 4.79 Å². The molecule has 130 valence electrons. The van der Waals surface area contributed by atoms with Crippen molar-refractivity contribution in [1.82, 2.24) is 19.8 Å². The number of carbonyl (C=O) groups is 2. The highest BCUT2D eigenvalue weighted by molar-refractivity contribution is 7.07. The fraction of sp³-hybridized carbons (Fsp3) is 0.412. The number of amides is 2. The van der Waals surface area contributed by atoms with Gasteiger partial charge in [0, 0.05) is 31.2 Å². The van der Waals surface area contributed by atoms with Gasteiger partial charge in [-0.05, 0) is 25.6 Å². The maximum Gasteiger partial charge on any atom is 0.273 e. The Balaban J connectivity index is 1.56. The van der Waals surface area contributed by atoms with Crippen LogP contribution in [0.2, 0.25) is 0 Å². The van der Waals surface area contributed by atoms with Gasteiger partial charge in [0.1, 0.15) is 5.69 Å². The minimum Gasteiger partial charge on any atom is -0.335 e. The van der Waals surface area contributed by atoms with Crippen LogP contribution in [0.25, 0.3) is 0 Å². The van der Waals surface area contributed by atoms with E-state index < -0.39 is 0 Å². The Labute approximate surface area is 149 Å². The molecule has 8 heteroatoms. The van der Waals surface area contributed by atoms with Crippen LogP contribution in [0.5, 0.6) is 0 Å². The summed E-state index contributed by atoms with van der Waals surface area (Å²) < 4.78 is 0. The number of pyridine rings is 1. The Morgan fingerprint density at radius 2 is 2.24 bits per heavy atom. The zero-order chi connectivity index (χ0) is 17.4. The zero-order valence-electron chi connectivity index (χ0n) is 14.0. The van der Waals surface area contributed by atoms with Crippen LogP contribution in [0.4, 0.5) is 5.69 Å². The number of hydrogen-bond acceptors (Lipinski definition) is 6. The second kappa shape index (κ2) is 6.20. The molecule has 2 saturated heterocycles. The largest absolute Gasteiger partial charge is 0.335 e. The molecule has 2 aliphatic heterocycles. The van der Waals surface area contributed by atoms with E-state index in [1.54, 1.807) is 28.2 Å². The van der Waals surface area contributed by atoms with E-state index in [1.165, 1.54) is 11.3 Å². The van der Waals surface area contributed by atoms with Gasteiger partial charge in [-0.25, -0.2) is 4.98 Å². The summed E-state index contributed by atoms with van der Waals surface area (Å²) >= 11 is 1.42. The third kappa shape index (κ3) is 2.81. The molecule has 0 aliphatic carbocycles. The maximum absolute atomic E-state index is 12.6. The summed E-state index contributed by atoms with van der Waals surface area (Å²) in [7, 11) is 1.97. The first-order valence-electron chi connectivity index (χ1n) is 8.18. The first-order valence-corrected chi connectivity index (χ1v) is 9.12. The number of piperazine rings is 1. The summed E-state index contributed by atoms with van der Waals surface area (Å²) in [5.74, 6) is 0.0294. The molecule has 1 unspecified atom stereocenters. The van der Waals surface area contributed by atoms with Crippen LogP contribution in [0.1, 0.15) is 16.9 Å². The van der Waals surface area contributed by atoms with Crippen molar-refractivity contribution in [3.05, 3.63) is 41.1 Å². The molecular formula is C17H19N5O2S. The van der Waals surface area contributed by atoms with E-state index in [1.807, 2.05) is 24.1 Å². The molecule has 1 spiro atoms. The summed E-state index contributed by atoms with van der Waals surface area (Å²) in [5, 5.41) is 1.78. The lowest BCUT2D eigenvalue weighted by Gasteiger charge is -2.46. The summed E-state index contributed by atoms with van der Waals surface area (Å²) in [6, 6.07) is 3.73. The molecule has 7 nitrogen and oxygen atoms in total. The molecule has 4 heterocycles. The van der Waals surface area contributed by atoms with Crippen molar-refractivity contribution in [3.63, 3.8) is 0 Å². The van der Waals surface area contributed by atoms with Crippen LogP contribution in [0.3, 0.4) is 0 Å². The molecule has 2 amide bonds. The quantitative estimate of drug-likeness (QED) is 0.805. The third-order valence-corrected chi connectivity index (χ3v) is 5.75. The molecule has 0 aromatic carbocycles. The molecule has 2 aromatic rings. The number of aromatic nitrogens is 2. The van der Waals surface area contributed by atoms with Crippen LogP contribution in [0, 0.1) is 0 Å². The highest BCUT2D eigenvalue weighted by Gasteiger charge is 2.48. The monoisotopic (exact) mass is 357 g/mol. The highest BCUT2D eigenvalue weighted by Crippen LogP contribution is 2.33. The summed E-state index contributed by atoms with van der Waals surface area (Å²) in [4.78, 5) is 39.1. The minimum atomic E-state index is -0.227. The van der Waals surface area contributed by atoms with Crippen molar-refractivity contribution in [1.29, 1.82) is 0 Å². The Morgan fingerprint density at radius 1 is 1.36 bits per heavy atom. The zero-order valence-corrected chi connectivity index (χ0v) is 14.8. The molecule has 2 fully saturated rings. The summed E-state index contributed by atoms with van der Waals surface area (Å²) in [5.41, 5.74) is 2.76. The summed E-state index contributed by atoms with van der Waals surface area (Å²) in [6.45, 7) is 2.18. The second-order valence-corrected chi connectivity index (χ2v) is 7.34. The molecule has 0 saturated carbocycles. The number of hydrogen-bond donors (Lipinski definition) is 0. The van der Waals surface area contributed by atoms with Crippen molar-refractivity contribution in [2.24, 2.45) is 0 Å². The molecule has 0 N–H and O–H groups in total. The van der Waals surface area contributed by atoms with Gasteiger partial charge in [-0.2, -0.15) is 0 Å². The number of rotatable bonds is 2. The molecule has 2 aliphatic rings. The number of likely N-dealkylation sites (N-methyl/N-ethyl adjacent to an activating group) is 1. The number of thiazole rings is 1. The number of anilines is 1. The lowest BCUT2D eigenvalue weighted by atomic mass is 9.92. The van der Waals surface area contributed by atoms with Gasteiger partial charge in [0.25, 0.3) is 5.91 Å². The minimum absolute atomic E-state index is 0.0312. The van der Waals surface area contributed by atoms with E-state index in [-0.39, 0.29) is 17.4 Å². The van der Waals surface area contributed by atoms with Gasteiger partial charge >= 0.3 is 0 Å². The van der Waals surface area contributed by atoms with Crippen molar-refractivity contribution in [2.45, 2.75) is 12.0 Å². The van der Waals surface area contributed by atoms with Gasteiger partial charge in [0.2, 0.25) is 5.91 Å². The molecular weight excluding hydrogens is 338 g/mol. The van der Waals surface area contributed by atoms with E-state index in [9.17, 15) is 9.59 Å². The predicted molar refractivity (Wildman–Crippen MR) is 94.6 cm³/mol. The molecule has 0 bridgehead atoms. The lowest BCUT2D eigenvalue weighted by molar-refractivity contribution is -0.123. The molecule has 0 radical (unpaired) electrons. The van der Waals surface area contributed by atoms with Crippen molar-refractivity contribution < 1.29 is 9.59 Å². The van der Waals surface area contributed by atoms with Gasteiger partial charge in [0.05, 0.1) is 29.5 Å². The first-order chi connectivity index (χ1) is 12.1. The average molecular weight is 357 g/mol. The SMILES string of the molecule is CN1CC(=O)N(c2cccnc2)CC12CCN(C(=O)c1cscn1)C2. The Kier molecular flexibility index (Phi) is 4.01. The van der Waals surface area contributed by atoms with E-state index in [2.05, 4.69) is 14.9 Å². The average Bonchev–Trinajstić information content (AvgIpc) is 3.30. The Bertz CT molecular complexity index is 782. The molecule has 4 rings (SSSR count). The van der Waals surface area contributed by atoms with Crippen molar-refractivity contribution >= 4 is 28.8 Å². The van der Waals surface area contributed by atoms with Gasteiger partial charge in [-0.15, -0.1) is 11.3 Å². The fourth-order valence-corrected chi connectivity index (χ4v) is 4.18. The van der Waals surface area contributed by atoms with Crippen molar-refractivity contribution in [2.75, 3.05) is 38.1 Å². The van der Waals surface area contributed by atoms with Gasteiger partial charge in [0.15, 0.2) is 0 Å². The van der Waals surface area contributed by atoms with Gasteiger partial charge in [-0.3, -0.25) is 19.5 Å². The third-order valence-electron chi connectivity index (χ3n) is 5.16. The van der Waals surface area contributed by atoms with Gasteiger partial charge in [-0.1, -0.05) is 0 Å². The van der Waals surface area contributed by atoms with Crippen molar-refractivity contribution in [3.8, 4) is 0 Å². The second-order valence-electron chi connectivity index (χ2n) is 6.62. The van der Waals surface area contributed by atoms with Crippen LogP contribution in [-0.4, -0.2) is 70.3 Å². The molecule has 2 aromatic heterocycles. The fourth-order valence-electron chi connectivity index (χ4n) is 3.66. The highest BCUT2D eigenvalue weighted by atomic mass is 32.1. The van der Waals surface area contributed by atoms with E-state index in [0.717, 1.165) is 12.1 Å². The van der Waals surface area contributed by atoms with Gasteiger partial charge < -0.3 is 9.80 Å². The standard InChI is InChI=1S/C17H19N5O2S/c1-20-8-15(23)22(13-3-2-5-18-7-13)11-17(20)4-6-21(10-17)16(24)14-9-25-12-19-14/h2-3,5,7,9,12H,4,6,8,10-11H2,1H3.